The van der Waals surface area contributed by atoms with E-state index in [1.54, 1.807) is 18.2 Å². The summed E-state index contributed by atoms with van der Waals surface area (Å²) < 4.78 is 41.3. The van der Waals surface area contributed by atoms with Crippen molar-refractivity contribution in [2.24, 2.45) is 0 Å². The number of halogens is 2. The van der Waals surface area contributed by atoms with Crippen LogP contribution in [-0.2, 0) is 10.0 Å². The van der Waals surface area contributed by atoms with Gasteiger partial charge in [-0.25, -0.2) is 12.8 Å². The van der Waals surface area contributed by atoms with E-state index >= 15 is 0 Å². The molecule has 3 rings (SSSR count). The van der Waals surface area contributed by atoms with Gasteiger partial charge in [0.05, 0.1) is 21.2 Å². The largest absolute Gasteiger partial charge is 0.322 e. The van der Waals surface area contributed by atoms with E-state index in [1.807, 2.05) is 0 Å². The van der Waals surface area contributed by atoms with Crippen LogP contribution in [0.4, 0.5) is 15.8 Å². The molecule has 0 saturated heterocycles. The molecule has 27 heavy (non-hydrogen) atoms. The van der Waals surface area contributed by atoms with Gasteiger partial charge in [-0.15, -0.1) is 0 Å². The van der Waals surface area contributed by atoms with Crippen molar-refractivity contribution < 1.29 is 17.6 Å². The third-order valence-electron chi connectivity index (χ3n) is 3.64. The number of hydrogen-bond acceptors (Lipinski definition) is 3. The minimum Gasteiger partial charge on any atom is -0.322 e. The Hall–Kier alpha value is -2.90. The van der Waals surface area contributed by atoms with Crippen LogP contribution in [0.2, 0.25) is 5.02 Å². The molecule has 0 fully saturated rings. The monoisotopic (exact) mass is 404 g/mol. The highest BCUT2D eigenvalue weighted by molar-refractivity contribution is 7.92. The van der Waals surface area contributed by atoms with Gasteiger partial charge in [-0.05, 0) is 42.5 Å². The van der Waals surface area contributed by atoms with E-state index in [0.717, 1.165) is 0 Å². The van der Waals surface area contributed by atoms with Crippen molar-refractivity contribution in [2.45, 2.75) is 4.90 Å². The average molecular weight is 405 g/mol. The van der Waals surface area contributed by atoms with Crippen LogP contribution in [0.5, 0.6) is 0 Å². The van der Waals surface area contributed by atoms with Gasteiger partial charge in [-0.1, -0.05) is 41.9 Å². The Kier molecular flexibility index (Phi) is 5.43. The van der Waals surface area contributed by atoms with Crippen molar-refractivity contribution in [2.75, 3.05) is 10.0 Å². The van der Waals surface area contributed by atoms with Crippen LogP contribution in [-0.4, -0.2) is 14.3 Å². The van der Waals surface area contributed by atoms with Crippen molar-refractivity contribution in [1.82, 2.24) is 0 Å². The van der Waals surface area contributed by atoms with E-state index in [0.29, 0.717) is 0 Å². The van der Waals surface area contributed by atoms with E-state index in [2.05, 4.69) is 10.0 Å². The number of sulfonamides is 1. The quantitative estimate of drug-likeness (QED) is 0.655. The Morgan fingerprint density at radius 1 is 0.926 bits per heavy atom. The molecule has 0 unspecified atom stereocenters. The molecule has 138 valence electrons. The van der Waals surface area contributed by atoms with Crippen molar-refractivity contribution in [3.05, 3.63) is 89.2 Å². The summed E-state index contributed by atoms with van der Waals surface area (Å²) in [5.41, 5.74) is 0.310. The maximum atomic E-state index is 13.7. The number of hydrogen-bond donors (Lipinski definition) is 2. The van der Waals surface area contributed by atoms with Crippen molar-refractivity contribution >= 4 is 38.9 Å². The molecule has 0 radical (unpaired) electrons. The van der Waals surface area contributed by atoms with Gasteiger partial charge in [0.2, 0.25) is 0 Å². The lowest BCUT2D eigenvalue weighted by molar-refractivity contribution is 0.102. The SMILES string of the molecule is O=C(Nc1cccc(S(=O)(=O)Nc2ccccc2Cl)c1)c1ccccc1F. The van der Waals surface area contributed by atoms with Crippen LogP contribution in [0, 0.1) is 5.82 Å². The molecule has 3 aromatic carbocycles. The summed E-state index contributed by atoms with van der Waals surface area (Å²) in [6, 6.07) is 17.6. The number of carbonyl (C=O) groups excluding carboxylic acids is 1. The van der Waals surface area contributed by atoms with Gasteiger partial charge in [0.1, 0.15) is 5.82 Å². The van der Waals surface area contributed by atoms with Gasteiger partial charge in [-0.2, -0.15) is 0 Å². The number of nitrogens with one attached hydrogen (secondary N) is 2. The highest BCUT2D eigenvalue weighted by atomic mass is 35.5. The van der Waals surface area contributed by atoms with Gasteiger partial charge in [-0.3, -0.25) is 9.52 Å². The van der Waals surface area contributed by atoms with Crippen LogP contribution in [0.1, 0.15) is 10.4 Å². The Morgan fingerprint density at radius 3 is 2.37 bits per heavy atom. The molecule has 0 heterocycles. The van der Waals surface area contributed by atoms with Crippen LogP contribution in [0.15, 0.2) is 77.7 Å². The fraction of sp³-hybridized carbons (Fsp3) is 0. The first-order valence-corrected chi connectivity index (χ1v) is 9.66. The maximum absolute atomic E-state index is 13.7. The summed E-state index contributed by atoms with van der Waals surface area (Å²) in [4.78, 5) is 12.1. The van der Waals surface area contributed by atoms with E-state index in [-0.39, 0.29) is 26.9 Å². The van der Waals surface area contributed by atoms with Crippen LogP contribution in [0.3, 0.4) is 0 Å². The molecule has 0 aliphatic carbocycles. The molecule has 0 aliphatic rings. The lowest BCUT2D eigenvalue weighted by atomic mass is 10.2. The Morgan fingerprint density at radius 2 is 1.63 bits per heavy atom. The summed E-state index contributed by atoms with van der Waals surface area (Å²) >= 11 is 5.98. The minimum absolute atomic E-state index is 0.0752. The number of rotatable bonds is 5. The van der Waals surface area contributed by atoms with E-state index in [9.17, 15) is 17.6 Å². The summed E-state index contributed by atoms with van der Waals surface area (Å²) in [6.07, 6.45) is 0. The first kappa shape index (κ1) is 18.9. The van der Waals surface area contributed by atoms with Gasteiger partial charge in [0, 0.05) is 5.69 Å². The summed E-state index contributed by atoms with van der Waals surface area (Å²) in [7, 11) is -3.93. The lowest BCUT2D eigenvalue weighted by Gasteiger charge is -2.11. The number of para-hydroxylation sites is 1. The Balaban J connectivity index is 1.84. The molecular weight excluding hydrogens is 391 g/mol. The molecule has 0 aliphatic heterocycles. The number of carbonyl (C=O) groups is 1. The predicted molar refractivity (Wildman–Crippen MR) is 103 cm³/mol. The molecule has 0 bridgehead atoms. The summed E-state index contributed by atoms with van der Waals surface area (Å²) in [5, 5.41) is 2.74. The predicted octanol–water partition coefficient (Wildman–Crippen LogP) is 4.53. The first-order chi connectivity index (χ1) is 12.9. The molecule has 8 heteroatoms. The summed E-state index contributed by atoms with van der Waals surface area (Å²) in [6.45, 7) is 0. The molecule has 1 amide bonds. The zero-order valence-electron chi connectivity index (χ0n) is 13.8. The number of anilines is 2. The van der Waals surface area contributed by atoms with E-state index in [1.165, 1.54) is 54.6 Å². The second kappa shape index (κ2) is 7.77. The normalized spacial score (nSPS) is 11.0. The molecule has 2 N–H and O–H groups in total. The molecule has 3 aromatic rings. The highest BCUT2D eigenvalue weighted by Crippen LogP contribution is 2.25. The molecule has 0 saturated carbocycles. The molecular formula is C19H14ClFN2O3S. The van der Waals surface area contributed by atoms with Gasteiger partial charge >= 0.3 is 0 Å². The summed E-state index contributed by atoms with van der Waals surface area (Å²) in [5.74, 6) is -1.35. The van der Waals surface area contributed by atoms with Crippen LogP contribution >= 0.6 is 11.6 Å². The van der Waals surface area contributed by atoms with Crippen molar-refractivity contribution in [3.8, 4) is 0 Å². The number of benzene rings is 3. The third-order valence-corrected chi connectivity index (χ3v) is 5.33. The fourth-order valence-corrected chi connectivity index (χ4v) is 3.70. The van der Waals surface area contributed by atoms with Crippen LogP contribution in [0.25, 0.3) is 0 Å². The third kappa shape index (κ3) is 4.45. The van der Waals surface area contributed by atoms with Gasteiger partial charge in [0.25, 0.3) is 15.9 Å². The van der Waals surface area contributed by atoms with Crippen molar-refractivity contribution in [1.29, 1.82) is 0 Å². The van der Waals surface area contributed by atoms with Gasteiger partial charge < -0.3 is 5.32 Å². The molecule has 0 spiro atoms. The first-order valence-electron chi connectivity index (χ1n) is 7.80. The van der Waals surface area contributed by atoms with Gasteiger partial charge in [0.15, 0.2) is 0 Å². The van der Waals surface area contributed by atoms with Crippen LogP contribution < -0.4 is 10.0 Å². The second-order valence-electron chi connectivity index (χ2n) is 5.55. The Bertz CT molecular complexity index is 1100. The maximum Gasteiger partial charge on any atom is 0.262 e. The topological polar surface area (TPSA) is 75.3 Å². The number of amides is 1. The lowest BCUT2D eigenvalue weighted by Crippen LogP contribution is -2.16. The average Bonchev–Trinajstić information content (AvgIpc) is 2.64. The zero-order chi connectivity index (χ0) is 19.4. The molecule has 5 nitrogen and oxygen atoms in total. The highest BCUT2D eigenvalue weighted by Gasteiger charge is 2.17. The minimum atomic E-state index is -3.93. The van der Waals surface area contributed by atoms with E-state index < -0.39 is 21.7 Å². The van der Waals surface area contributed by atoms with E-state index in [4.69, 9.17) is 11.6 Å². The smallest absolute Gasteiger partial charge is 0.262 e. The zero-order valence-corrected chi connectivity index (χ0v) is 15.4. The molecule has 0 atom stereocenters. The molecule has 0 aromatic heterocycles. The fourth-order valence-electron chi connectivity index (χ4n) is 2.33. The Labute approximate surface area is 160 Å². The van der Waals surface area contributed by atoms with Crippen molar-refractivity contribution in [3.63, 3.8) is 0 Å². The standard InChI is InChI=1S/C19H14ClFN2O3S/c20-16-9-2-4-11-18(16)23-27(25,26)14-7-5-6-13(12-14)22-19(24)15-8-1-3-10-17(15)21/h1-12,23H,(H,22,24). The second-order valence-corrected chi connectivity index (χ2v) is 7.64.